The molecule has 0 aliphatic carbocycles. The highest BCUT2D eigenvalue weighted by molar-refractivity contribution is 5.83. The van der Waals surface area contributed by atoms with E-state index in [-0.39, 0.29) is 11.9 Å². The maximum absolute atomic E-state index is 13.7. The zero-order valence-electron chi connectivity index (χ0n) is 23.1. The molecule has 0 saturated carbocycles. The molecule has 0 aromatic heterocycles. The van der Waals surface area contributed by atoms with Crippen LogP contribution in [0.25, 0.3) is 0 Å². The summed E-state index contributed by atoms with van der Waals surface area (Å²) in [6.45, 7) is 13.9. The van der Waals surface area contributed by atoms with Crippen LogP contribution in [0.2, 0.25) is 0 Å². The van der Waals surface area contributed by atoms with Crippen molar-refractivity contribution in [3.63, 3.8) is 0 Å². The average molecular weight is 500 g/mol. The van der Waals surface area contributed by atoms with E-state index in [4.69, 9.17) is 5.73 Å². The minimum absolute atomic E-state index is 0.00958. The first-order chi connectivity index (χ1) is 17.6. The molecule has 4 N–H and O–H groups in total. The SMILES string of the molecule is CCN(C(=O)C(N)Cc1c(C)cc(C)cc1C)C1CCNc2ccc(Cc3c(C)cc(O)cc3C)cc21. The molecule has 1 amide bonds. The molecule has 5 heteroatoms. The fourth-order valence-electron chi connectivity index (χ4n) is 6.02. The van der Waals surface area contributed by atoms with Gasteiger partial charge in [-0.15, -0.1) is 0 Å². The second kappa shape index (κ2) is 11.0. The van der Waals surface area contributed by atoms with Gasteiger partial charge in [0.2, 0.25) is 5.91 Å². The van der Waals surface area contributed by atoms with Gasteiger partial charge in [-0.3, -0.25) is 4.79 Å². The molecule has 0 fully saturated rings. The molecule has 1 aliphatic heterocycles. The van der Waals surface area contributed by atoms with Crippen LogP contribution in [0, 0.1) is 34.6 Å². The van der Waals surface area contributed by atoms with Gasteiger partial charge in [-0.2, -0.15) is 0 Å². The first-order valence-electron chi connectivity index (χ1n) is 13.4. The molecule has 1 aliphatic rings. The third kappa shape index (κ3) is 5.67. The second-order valence-electron chi connectivity index (χ2n) is 10.7. The number of carbonyl (C=O) groups excluding carboxylic acids is 1. The number of phenols is 1. The summed E-state index contributed by atoms with van der Waals surface area (Å²) < 4.78 is 0. The molecular formula is C32H41N3O2. The summed E-state index contributed by atoms with van der Waals surface area (Å²) in [6.07, 6.45) is 2.18. The molecule has 2 unspecified atom stereocenters. The average Bonchev–Trinajstić information content (AvgIpc) is 2.84. The molecule has 3 aromatic rings. The maximum atomic E-state index is 13.7. The highest BCUT2D eigenvalue weighted by atomic mass is 16.3. The van der Waals surface area contributed by atoms with Gasteiger partial charge in [0.1, 0.15) is 5.75 Å². The smallest absolute Gasteiger partial charge is 0.240 e. The molecule has 3 aromatic carbocycles. The molecule has 1 heterocycles. The summed E-state index contributed by atoms with van der Waals surface area (Å²) in [7, 11) is 0. The van der Waals surface area contributed by atoms with Crippen molar-refractivity contribution in [2.75, 3.05) is 18.4 Å². The standard InChI is InChI=1S/C32H41N3O2/c1-7-35(32(37)29(33)18-27-20(3)12-19(2)13-21(27)4)31-10-11-34-30-9-8-24(17-28(30)31)16-26-22(5)14-25(36)15-23(26)6/h8-9,12-15,17,29,31,34,36H,7,10-11,16,18,33H2,1-6H3. The first-order valence-corrected chi connectivity index (χ1v) is 13.4. The van der Waals surface area contributed by atoms with E-state index >= 15 is 0 Å². The van der Waals surface area contributed by atoms with E-state index in [1.165, 1.54) is 33.4 Å². The molecule has 37 heavy (non-hydrogen) atoms. The number of hydrogen-bond donors (Lipinski definition) is 3. The summed E-state index contributed by atoms with van der Waals surface area (Å²) in [5, 5.41) is 13.5. The summed E-state index contributed by atoms with van der Waals surface area (Å²) in [5.74, 6) is 0.313. The molecule has 0 radical (unpaired) electrons. The fraction of sp³-hybridized carbons (Fsp3) is 0.406. The van der Waals surface area contributed by atoms with Crippen LogP contribution in [0.5, 0.6) is 5.75 Å². The van der Waals surface area contributed by atoms with Crippen molar-refractivity contribution in [2.45, 2.75) is 72.9 Å². The van der Waals surface area contributed by atoms with Gasteiger partial charge in [0.05, 0.1) is 12.1 Å². The van der Waals surface area contributed by atoms with E-state index in [1.54, 1.807) is 0 Å². The number of amides is 1. The van der Waals surface area contributed by atoms with Crippen molar-refractivity contribution >= 4 is 11.6 Å². The summed E-state index contributed by atoms with van der Waals surface area (Å²) >= 11 is 0. The van der Waals surface area contributed by atoms with Crippen molar-refractivity contribution in [1.29, 1.82) is 0 Å². The molecular weight excluding hydrogens is 458 g/mol. The number of aryl methyl sites for hydroxylation is 5. The van der Waals surface area contributed by atoms with Crippen LogP contribution in [0.1, 0.15) is 69.5 Å². The second-order valence-corrected chi connectivity index (χ2v) is 10.7. The van der Waals surface area contributed by atoms with Crippen LogP contribution in [0.3, 0.4) is 0 Å². The van der Waals surface area contributed by atoms with E-state index in [2.05, 4.69) is 56.4 Å². The van der Waals surface area contributed by atoms with E-state index in [0.717, 1.165) is 41.8 Å². The Kier molecular flexibility index (Phi) is 7.93. The van der Waals surface area contributed by atoms with Crippen LogP contribution in [-0.2, 0) is 17.6 Å². The number of phenolic OH excluding ortho intramolecular Hbond substituents is 1. The lowest BCUT2D eigenvalue weighted by Crippen LogP contribution is -2.47. The molecule has 2 atom stereocenters. The number of nitrogens with one attached hydrogen (secondary N) is 1. The van der Waals surface area contributed by atoms with Crippen LogP contribution in [0.4, 0.5) is 5.69 Å². The lowest BCUT2D eigenvalue weighted by atomic mass is 9.90. The van der Waals surface area contributed by atoms with Gasteiger partial charge in [0.15, 0.2) is 0 Å². The molecule has 5 nitrogen and oxygen atoms in total. The Bertz CT molecular complexity index is 1270. The van der Waals surface area contributed by atoms with Gasteiger partial charge >= 0.3 is 0 Å². The van der Waals surface area contributed by atoms with Crippen molar-refractivity contribution in [2.24, 2.45) is 5.73 Å². The number of fused-ring (bicyclic) bond motifs is 1. The summed E-state index contributed by atoms with van der Waals surface area (Å²) in [6, 6.07) is 13.9. The quantitative estimate of drug-likeness (QED) is 0.384. The van der Waals surface area contributed by atoms with Crippen molar-refractivity contribution < 1.29 is 9.90 Å². The van der Waals surface area contributed by atoms with Gasteiger partial charge in [0, 0.05) is 18.8 Å². The molecule has 0 spiro atoms. The van der Waals surface area contributed by atoms with Crippen molar-refractivity contribution in [3.8, 4) is 5.75 Å². The Labute approximate surface area is 221 Å². The highest BCUT2D eigenvalue weighted by Gasteiger charge is 2.31. The molecule has 0 saturated heterocycles. The van der Waals surface area contributed by atoms with Crippen molar-refractivity contribution in [3.05, 3.63) is 92.5 Å². The zero-order valence-corrected chi connectivity index (χ0v) is 23.1. The van der Waals surface area contributed by atoms with Gasteiger partial charge in [0.25, 0.3) is 0 Å². The minimum Gasteiger partial charge on any atom is -0.508 e. The van der Waals surface area contributed by atoms with Gasteiger partial charge in [-0.05, 0) is 124 Å². The third-order valence-corrected chi connectivity index (χ3v) is 7.85. The highest BCUT2D eigenvalue weighted by Crippen LogP contribution is 2.36. The molecule has 4 rings (SSSR count). The summed E-state index contributed by atoms with van der Waals surface area (Å²) in [4.78, 5) is 15.7. The number of benzene rings is 3. The number of hydrogen-bond acceptors (Lipinski definition) is 4. The fourth-order valence-corrected chi connectivity index (χ4v) is 6.02. The molecule has 0 bridgehead atoms. The number of anilines is 1. The Morgan fingerprint density at radius 2 is 1.62 bits per heavy atom. The van der Waals surface area contributed by atoms with Gasteiger partial charge < -0.3 is 21.1 Å². The van der Waals surface area contributed by atoms with E-state index < -0.39 is 6.04 Å². The van der Waals surface area contributed by atoms with Gasteiger partial charge in [-0.25, -0.2) is 0 Å². The minimum atomic E-state index is -0.580. The Morgan fingerprint density at radius 3 is 2.24 bits per heavy atom. The normalized spacial score (nSPS) is 15.6. The van der Waals surface area contributed by atoms with Crippen LogP contribution in [0.15, 0.2) is 42.5 Å². The number of nitrogens with two attached hydrogens (primary N) is 1. The monoisotopic (exact) mass is 499 g/mol. The van der Waals surface area contributed by atoms with Crippen LogP contribution in [-0.4, -0.2) is 35.0 Å². The van der Waals surface area contributed by atoms with E-state index in [0.29, 0.717) is 18.7 Å². The topological polar surface area (TPSA) is 78.6 Å². The van der Waals surface area contributed by atoms with Crippen LogP contribution < -0.4 is 11.1 Å². The maximum Gasteiger partial charge on any atom is 0.240 e. The van der Waals surface area contributed by atoms with Crippen molar-refractivity contribution in [1.82, 2.24) is 4.90 Å². The Morgan fingerprint density at radius 1 is 1.00 bits per heavy atom. The van der Waals surface area contributed by atoms with E-state index in [1.807, 2.05) is 37.8 Å². The van der Waals surface area contributed by atoms with E-state index in [9.17, 15) is 9.90 Å². The lowest BCUT2D eigenvalue weighted by Gasteiger charge is -2.37. The zero-order chi connectivity index (χ0) is 26.9. The Hall–Kier alpha value is -3.31. The largest absolute Gasteiger partial charge is 0.508 e. The predicted octanol–water partition coefficient (Wildman–Crippen LogP) is 5.80. The molecule has 196 valence electrons. The Balaban J connectivity index is 1.60. The third-order valence-electron chi connectivity index (χ3n) is 7.85. The number of aromatic hydroxyl groups is 1. The summed E-state index contributed by atoms with van der Waals surface area (Å²) in [5.41, 5.74) is 18.2. The number of carbonyl (C=O) groups is 1. The van der Waals surface area contributed by atoms with Crippen LogP contribution >= 0.6 is 0 Å². The van der Waals surface area contributed by atoms with Gasteiger partial charge in [-0.1, -0.05) is 29.8 Å². The predicted molar refractivity (Wildman–Crippen MR) is 152 cm³/mol. The number of likely N-dealkylation sites (N-methyl/N-ethyl adjacent to an activating group) is 1. The number of rotatable bonds is 7. The lowest BCUT2D eigenvalue weighted by molar-refractivity contribution is -0.135. The number of nitrogens with zero attached hydrogens (tertiary/aromatic N) is 1. The first kappa shape index (κ1) is 26.7.